The van der Waals surface area contributed by atoms with Crippen LogP contribution in [0.15, 0.2) is 0 Å². The zero-order valence-corrected chi connectivity index (χ0v) is 13.2. The quantitative estimate of drug-likeness (QED) is 0.709. The molecule has 1 heterocycles. The molecule has 1 fully saturated rings. The normalized spacial score (nSPS) is 23.2. The Hall–Kier alpha value is -0.0500. The van der Waals surface area contributed by atoms with Gasteiger partial charge >= 0.3 is 0 Å². The Morgan fingerprint density at radius 3 is 2.53 bits per heavy atom. The van der Waals surface area contributed by atoms with E-state index in [1.54, 1.807) is 0 Å². The topological polar surface area (TPSA) is 20.3 Å². The van der Waals surface area contributed by atoms with Crippen molar-refractivity contribution in [3.05, 3.63) is 0 Å². The number of alkyl halides is 1. The van der Waals surface area contributed by atoms with Gasteiger partial charge in [0, 0.05) is 24.8 Å². The van der Waals surface area contributed by atoms with Crippen molar-refractivity contribution in [2.75, 3.05) is 18.4 Å². The van der Waals surface area contributed by atoms with Crippen LogP contribution in [-0.4, -0.2) is 29.2 Å². The summed E-state index contributed by atoms with van der Waals surface area (Å²) in [5.74, 6) is 1.49. The van der Waals surface area contributed by atoms with Crippen molar-refractivity contribution in [1.29, 1.82) is 0 Å². The SMILES string of the molecule is CCCC(CBr)CN1CC(C(C)(C)C)CC1=O. The van der Waals surface area contributed by atoms with Crippen molar-refractivity contribution in [2.45, 2.75) is 47.0 Å². The third kappa shape index (κ3) is 4.27. The third-order valence-electron chi connectivity index (χ3n) is 3.83. The largest absolute Gasteiger partial charge is 0.342 e. The van der Waals surface area contributed by atoms with Gasteiger partial charge < -0.3 is 4.90 Å². The second kappa shape index (κ2) is 6.21. The van der Waals surface area contributed by atoms with Gasteiger partial charge in [0.05, 0.1) is 0 Å². The number of halogens is 1. The number of amides is 1. The van der Waals surface area contributed by atoms with Gasteiger partial charge in [0.1, 0.15) is 0 Å². The molecule has 0 aliphatic carbocycles. The zero-order chi connectivity index (χ0) is 13.1. The fourth-order valence-electron chi connectivity index (χ4n) is 2.47. The molecule has 0 aromatic rings. The van der Waals surface area contributed by atoms with Crippen LogP contribution in [0.5, 0.6) is 0 Å². The Morgan fingerprint density at radius 1 is 1.47 bits per heavy atom. The summed E-state index contributed by atoms with van der Waals surface area (Å²) in [6.07, 6.45) is 3.14. The molecule has 0 saturated carbocycles. The molecule has 17 heavy (non-hydrogen) atoms. The molecule has 1 aliphatic rings. The number of hydrogen-bond acceptors (Lipinski definition) is 1. The van der Waals surface area contributed by atoms with Gasteiger partial charge in [-0.25, -0.2) is 0 Å². The van der Waals surface area contributed by atoms with Crippen LogP contribution in [0.25, 0.3) is 0 Å². The maximum atomic E-state index is 12.0. The smallest absolute Gasteiger partial charge is 0.222 e. The molecule has 2 atom stereocenters. The van der Waals surface area contributed by atoms with Crippen molar-refractivity contribution < 1.29 is 4.79 Å². The summed E-state index contributed by atoms with van der Waals surface area (Å²) in [4.78, 5) is 14.1. The van der Waals surface area contributed by atoms with Gasteiger partial charge in [0.2, 0.25) is 5.91 Å². The van der Waals surface area contributed by atoms with E-state index >= 15 is 0 Å². The lowest BCUT2D eigenvalue weighted by Gasteiger charge is -2.27. The molecule has 1 saturated heterocycles. The Labute approximate surface area is 114 Å². The number of likely N-dealkylation sites (tertiary alicyclic amines) is 1. The monoisotopic (exact) mass is 303 g/mol. The lowest BCUT2D eigenvalue weighted by molar-refractivity contribution is -0.128. The molecule has 0 bridgehead atoms. The Morgan fingerprint density at radius 2 is 2.12 bits per heavy atom. The highest BCUT2D eigenvalue weighted by atomic mass is 79.9. The first-order valence-electron chi connectivity index (χ1n) is 6.72. The minimum absolute atomic E-state index is 0.249. The maximum Gasteiger partial charge on any atom is 0.222 e. The number of hydrogen-bond donors (Lipinski definition) is 0. The predicted molar refractivity (Wildman–Crippen MR) is 76.3 cm³/mol. The first kappa shape index (κ1) is 15.0. The van der Waals surface area contributed by atoms with Crippen LogP contribution >= 0.6 is 15.9 Å². The Kier molecular flexibility index (Phi) is 5.49. The van der Waals surface area contributed by atoms with Gasteiger partial charge in [0.15, 0.2) is 0 Å². The molecule has 2 nitrogen and oxygen atoms in total. The van der Waals surface area contributed by atoms with E-state index in [4.69, 9.17) is 0 Å². The van der Waals surface area contributed by atoms with E-state index in [1.165, 1.54) is 12.8 Å². The molecular weight excluding hydrogens is 278 g/mol. The highest BCUT2D eigenvalue weighted by molar-refractivity contribution is 9.09. The summed E-state index contributed by atoms with van der Waals surface area (Å²) in [5.41, 5.74) is 0.249. The van der Waals surface area contributed by atoms with Gasteiger partial charge in [-0.1, -0.05) is 50.0 Å². The maximum absolute atomic E-state index is 12.0. The van der Waals surface area contributed by atoms with E-state index in [2.05, 4.69) is 48.5 Å². The van der Waals surface area contributed by atoms with E-state index in [9.17, 15) is 4.79 Å². The number of carbonyl (C=O) groups excluding carboxylic acids is 1. The molecule has 0 radical (unpaired) electrons. The van der Waals surface area contributed by atoms with Crippen LogP contribution in [0.2, 0.25) is 0 Å². The van der Waals surface area contributed by atoms with Crippen LogP contribution in [0.4, 0.5) is 0 Å². The summed E-state index contributed by atoms with van der Waals surface area (Å²) < 4.78 is 0. The minimum atomic E-state index is 0.249. The van der Waals surface area contributed by atoms with Crippen LogP contribution in [-0.2, 0) is 4.79 Å². The molecule has 0 aromatic carbocycles. The molecule has 1 amide bonds. The Bertz CT molecular complexity index is 259. The van der Waals surface area contributed by atoms with E-state index < -0.39 is 0 Å². The van der Waals surface area contributed by atoms with Gasteiger partial charge in [-0.3, -0.25) is 4.79 Å². The lowest BCUT2D eigenvalue weighted by atomic mass is 9.80. The highest BCUT2D eigenvalue weighted by Gasteiger charge is 2.37. The van der Waals surface area contributed by atoms with Crippen molar-refractivity contribution in [3.8, 4) is 0 Å². The van der Waals surface area contributed by atoms with E-state index in [-0.39, 0.29) is 5.41 Å². The molecule has 0 spiro atoms. The van der Waals surface area contributed by atoms with Gasteiger partial charge in [-0.2, -0.15) is 0 Å². The summed E-state index contributed by atoms with van der Waals surface area (Å²) in [6, 6.07) is 0. The Balaban J connectivity index is 2.53. The molecule has 0 aromatic heterocycles. The number of rotatable bonds is 5. The van der Waals surface area contributed by atoms with Crippen LogP contribution in [0, 0.1) is 17.3 Å². The molecule has 0 N–H and O–H groups in total. The average molecular weight is 304 g/mol. The fourth-order valence-corrected chi connectivity index (χ4v) is 2.99. The number of carbonyl (C=O) groups is 1. The molecule has 1 aliphatic heterocycles. The molecule has 3 heteroatoms. The molecule has 2 unspecified atom stereocenters. The summed E-state index contributed by atoms with van der Waals surface area (Å²) in [7, 11) is 0. The second-order valence-corrected chi connectivity index (χ2v) is 7.02. The van der Waals surface area contributed by atoms with Crippen molar-refractivity contribution in [1.82, 2.24) is 4.90 Å². The summed E-state index contributed by atoms with van der Waals surface area (Å²) in [5, 5.41) is 1.00. The standard InChI is InChI=1S/C14H26BrNO/c1-5-6-11(8-15)9-16-10-12(7-13(16)17)14(2,3)4/h11-12H,5-10H2,1-4H3. The van der Waals surface area contributed by atoms with Crippen LogP contribution in [0.3, 0.4) is 0 Å². The fraction of sp³-hybridized carbons (Fsp3) is 0.929. The van der Waals surface area contributed by atoms with Crippen LogP contribution in [0.1, 0.15) is 47.0 Å². The molecule has 100 valence electrons. The van der Waals surface area contributed by atoms with Crippen molar-refractivity contribution in [3.63, 3.8) is 0 Å². The van der Waals surface area contributed by atoms with E-state index in [1.807, 2.05) is 0 Å². The zero-order valence-electron chi connectivity index (χ0n) is 11.6. The summed E-state index contributed by atoms with van der Waals surface area (Å²) >= 11 is 3.56. The molecular formula is C14H26BrNO. The second-order valence-electron chi connectivity index (χ2n) is 6.37. The number of nitrogens with zero attached hydrogens (tertiary/aromatic N) is 1. The lowest BCUT2D eigenvalue weighted by Crippen LogP contribution is -2.32. The van der Waals surface area contributed by atoms with Gasteiger partial charge in [0.25, 0.3) is 0 Å². The van der Waals surface area contributed by atoms with Gasteiger partial charge in [-0.15, -0.1) is 0 Å². The molecule has 1 rings (SSSR count). The predicted octanol–water partition coefficient (Wildman–Crippen LogP) is 3.69. The summed E-state index contributed by atoms with van der Waals surface area (Å²) in [6.45, 7) is 10.8. The third-order valence-corrected chi connectivity index (χ3v) is 4.75. The average Bonchev–Trinajstić information content (AvgIpc) is 2.59. The first-order valence-corrected chi connectivity index (χ1v) is 7.84. The van der Waals surface area contributed by atoms with Crippen molar-refractivity contribution >= 4 is 21.8 Å². The van der Waals surface area contributed by atoms with Crippen molar-refractivity contribution in [2.24, 2.45) is 17.3 Å². The van der Waals surface area contributed by atoms with Gasteiger partial charge in [-0.05, 0) is 23.7 Å². The van der Waals surface area contributed by atoms with E-state index in [0.717, 1.165) is 24.8 Å². The van der Waals surface area contributed by atoms with E-state index in [0.29, 0.717) is 17.7 Å². The first-order chi connectivity index (χ1) is 7.88. The van der Waals surface area contributed by atoms with Crippen LogP contribution < -0.4 is 0 Å². The minimum Gasteiger partial charge on any atom is -0.342 e. The highest BCUT2D eigenvalue weighted by Crippen LogP contribution is 2.34.